The highest BCUT2D eigenvalue weighted by Gasteiger charge is 2.17. The monoisotopic (exact) mass is 321 g/mol. The number of fused-ring (bicyclic) bond motifs is 3. The molecule has 1 unspecified atom stereocenters. The fraction of sp³-hybridized carbons (Fsp3) is 0.478. The first kappa shape index (κ1) is 17.1. The van der Waals surface area contributed by atoms with Crippen LogP contribution < -0.4 is 0 Å². The Morgan fingerprint density at radius 2 is 1.21 bits per heavy atom. The first-order valence-electron chi connectivity index (χ1n) is 9.84. The molecule has 1 heterocycles. The Hall–Kier alpha value is -1.76. The van der Waals surface area contributed by atoms with Crippen molar-refractivity contribution >= 4 is 21.8 Å². The third-order valence-electron chi connectivity index (χ3n) is 5.26. The first-order chi connectivity index (χ1) is 11.9. The van der Waals surface area contributed by atoms with Gasteiger partial charge < -0.3 is 4.57 Å². The van der Waals surface area contributed by atoms with Gasteiger partial charge in [0, 0.05) is 27.8 Å². The molecule has 0 amide bonds. The quantitative estimate of drug-likeness (QED) is 0.360. The van der Waals surface area contributed by atoms with Crippen LogP contribution in [0, 0.1) is 0 Å². The molecule has 128 valence electrons. The third kappa shape index (κ3) is 3.50. The lowest BCUT2D eigenvalue weighted by atomic mass is 10.0. The number of hydrogen-bond acceptors (Lipinski definition) is 0. The topological polar surface area (TPSA) is 4.93 Å². The summed E-state index contributed by atoms with van der Waals surface area (Å²) in [4.78, 5) is 0. The van der Waals surface area contributed by atoms with Crippen LogP contribution in [0.4, 0.5) is 0 Å². The lowest BCUT2D eigenvalue weighted by Crippen LogP contribution is -2.09. The Balaban J connectivity index is 2.00. The number of aromatic nitrogens is 1. The SMILES string of the molecule is CCCCCCC(CCCC)n1c2ccccc2c2ccccc21. The molecule has 3 aromatic rings. The van der Waals surface area contributed by atoms with Gasteiger partial charge in [-0.3, -0.25) is 0 Å². The molecule has 2 aromatic carbocycles. The van der Waals surface area contributed by atoms with Crippen LogP contribution in [-0.2, 0) is 0 Å². The van der Waals surface area contributed by atoms with Crippen molar-refractivity contribution in [1.29, 1.82) is 0 Å². The highest BCUT2D eigenvalue weighted by molar-refractivity contribution is 6.08. The van der Waals surface area contributed by atoms with Crippen LogP contribution in [0.5, 0.6) is 0 Å². The van der Waals surface area contributed by atoms with Crippen LogP contribution in [0.25, 0.3) is 21.8 Å². The molecule has 24 heavy (non-hydrogen) atoms. The van der Waals surface area contributed by atoms with E-state index in [1.54, 1.807) is 0 Å². The molecule has 0 aliphatic rings. The van der Waals surface area contributed by atoms with Crippen molar-refractivity contribution in [2.24, 2.45) is 0 Å². The zero-order valence-electron chi connectivity index (χ0n) is 15.3. The molecule has 0 spiro atoms. The molecule has 1 heteroatoms. The van der Waals surface area contributed by atoms with Gasteiger partial charge in [0.15, 0.2) is 0 Å². The number of unbranched alkanes of at least 4 members (excludes halogenated alkanes) is 4. The summed E-state index contributed by atoms with van der Waals surface area (Å²) >= 11 is 0. The summed E-state index contributed by atoms with van der Waals surface area (Å²) < 4.78 is 2.65. The molecular weight excluding hydrogens is 290 g/mol. The van der Waals surface area contributed by atoms with Gasteiger partial charge in [0.25, 0.3) is 0 Å². The molecule has 0 bridgehead atoms. The molecule has 3 rings (SSSR count). The number of para-hydroxylation sites is 2. The van der Waals surface area contributed by atoms with E-state index in [9.17, 15) is 0 Å². The maximum absolute atomic E-state index is 2.65. The van der Waals surface area contributed by atoms with Crippen LogP contribution in [0.15, 0.2) is 48.5 Å². The number of nitrogens with zero attached hydrogens (tertiary/aromatic N) is 1. The summed E-state index contributed by atoms with van der Waals surface area (Å²) in [5, 5.41) is 2.81. The van der Waals surface area contributed by atoms with Crippen LogP contribution in [0.1, 0.15) is 71.3 Å². The molecule has 0 aliphatic carbocycles. The van der Waals surface area contributed by atoms with E-state index >= 15 is 0 Å². The minimum absolute atomic E-state index is 0.631. The van der Waals surface area contributed by atoms with E-state index < -0.39 is 0 Å². The largest absolute Gasteiger partial charge is 0.337 e. The zero-order chi connectivity index (χ0) is 16.8. The van der Waals surface area contributed by atoms with E-state index in [2.05, 4.69) is 66.9 Å². The average molecular weight is 322 g/mol. The molecule has 0 aliphatic heterocycles. The summed E-state index contributed by atoms with van der Waals surface area (Å²) in [6.07, 6.45) is 10.6. The van der Waals surface area contributed by atoms with E-state index in [4.69, 9.17) is 0 Å². The minimum atomic E-state index is 0.631. The van der Waals surface area contributed by atoms with E-state index in [-0.39, 0.29) is 0 Å². The standard InChI is InChI=1S/C23H31N/c1-3-5-7-8-14-19(13-6-4-2)24-22-17-11-9-15-20(22)21-16-10-12-18-23(21)24/h9-12,15-19H,3-8,13-14H2,1-2H3. The van der Waals surface area contributed by atoms with Crippen molar-refractivity contribution < 1.29 is 0 Å². The maximum Gasteiger partial charge on any atom is 0.0493 e. The van der Waals surface area contributed by atoms with Gasteiger partial charge in [-0.25, -0.2) is 0 Å². The van der Waals surface area contributed by atoms with E-state index in [0.717, 1.165) is 0 Å². The Morgan fingerprint density at radius 1 is 0.667 bits per heavy atom. The second-order valence-corrected chi connectivity index (χ2v) is 7.05. The van der Waals surface area contributed by atoms with Gasteiger partial charge in [-0.05, 0) is 25.0 Å². The van der Waals surface area contributed by atoms with E-state index in [1.807, 2.05) is 0 Å². The van der Waals surface area contributed by atoms with Gasteiger partial charge >= 0.3 is 0 Å². The molecule has 1 aromatic heterocycles. The smallest absolute Gasteiger partial charge is 0.0493 e. The Morgan fingerprint density at radius 3 is 1.79 bits per heavy atom. The van der Waals surface area contributed by atoms with Crippen molar-refractivity contribution in [1.82, 2.24) is 4.57 Å². The highest BCUT2D eigenvalue weighted by atomic mass is 15.0. The molecular formula is C23H31N. The number of hydrogen-bond donors (Lipinski definition) is 0. The minimum Gasteiger partial charge on any atom is -0.337 e. The predicted molar refractivity (Wildman–Crippen MR) is 107 cm³/mol. The van der Waals surface area contributed by atoms with Gasteiger partial charge in [0.2, 0.25) is 0 Å². The fourth-order valence-corrected chi connectivity index (χ4v) is 4.00. The summed E-state index contributed by atoms with van der Waals surface area (Å²) in [6.45, 7) is 4.60. The Bertz CT molecular complexity index is 715. The van der Waals surface area contributed by atoms with Crippen LogP contribution in [0.2, 0.25) is 0 Å². The summed E-state index contributed by atoms with van der Waals surface area (Å²) in [6, 6.07) is 18.5. The van der Waals surface area contributed by atoms with E-state index in [0.29, 0.717) is 6.04 Å². The van der Waals surface area contributed by atoms with Gasteiger partial charge in [-0.1, -0.05) is 88.8 Å². The zero-order valence-corrected chi connectivity index (χ0v) is 15.3. The van der Waals surface area contributed by atoms with Crippen molar-refractivity contribution in [3.05, 3.63) is 48.5 Å². The normalized spacial score (nSPS) is 12.9. The van der Waals surface area contributed by atoms with Crippen LogP contribution in [-0.4, -0.2) is 4.57 Å². The lowest BCUT2D eigenvalue weighted by Gasteiger charge is -2.21. The van der Waals surface area contributed by atoms with Gasteiger partial charge in [0.05, 0.1) is 0 Å². The maximum atomic E-state index is 2.65. The fourth-order valence-electron chi connectivity index (χ4n) is 4.00. The van der Waals surface area contributed by atoms with E-state index in [1.165, 1.54) is 73.2 Å². The molecule has 0 N–H and O–H groups in total. The second kappa shape index (κ2) is 8.37. The van der Waals surface area contributed by atoms with Crippen LogP contribution in [0.3, 0.4) is 0 Å². The molecule has 0 radical (unpaired) electrons. The summed E-state index contributed by atoms with van der Waals surface area (Å²) in [7, 11) is 0. The summed E-state index contributed by atoms with van der Waals surface area (Å²) in [5.74, 6) is 0. The average Bonchev–Trinajstić information content (AvgIpc) is 2.96. The Kier molecular flexibility index (Phi) is 5.96. The molecule has 0 saturated carbocycles. The molecule has 1 nitrogen and oxygen atoms in total. The van der Waals surface area contributed by atoms with Gasteiger partial charge in [0.1, 0.15) is 0 Å². The molecule has 1 atom stereocenters. The molecule has 0 fully saturated rings. The van der Waals surface area contributed by atoms with Crippen molar-refractivity contribution in [2.75, 3.05) is 0 Å². The Labute approximate surface area is 146 Å². The highest BCUT2D eigenvalue weighted by Crippen LogP contribution is 2.35. The van der Waals surface area contributed by atoms with Crippen LogP contribution >= 0.6 is 0 Å². The second-order valence-electron chi connectivity index (χ2n) is 7.05. The lowest BCUT2D eigenvalue weighted by molar-refractivity contribution is 0.420. The van der Waals surface area contributed by atoms with Crippen molar-refractivity contribution in [3.63, 3.8) is 0 Å². The van der Waals surface area contributed by atoms with Gasteiger partial charge in [-0.15, -0.1) is 0 Å². The third-order valence-corrected chi connectivity index (χ3v) is 5.26. The first-order valence-corrected chi connectivity index (χ1v) is 9.84. The van der Waals surface area contributed by atoms with Gasteiger partial charge in [-0.2, -0.15) is 0 Å². The number of rotatable bonds is 9. The van der Waals surface area contributed by atoms with Crippen molar-refractivity contribution in [3.8, 4) is 0 Å². The summed E-state index contributed by atoms with van der Waals surface area (Å²) in [5.41, 5.74) is 2.82. The number of benzene rings is 2. The predicted octanol–water partition coefficient (Wildman–Crippen LogP) is 7.50. The molecule has 0 saturated heterocycles. The van der Waals surface area contributed by atoms with Crippen molar-refractivity contribution in [2.45, 2.75) is 71.3 Å².